The molecule has 0 aliphatic heterocycles. The van der Waals surface area contributed by atoms with Crippen LogP contribution in [-0.4, -0.2) is 10.1 Å². The van der Waals surface area contributed by atoms with E-state index in [2.05, 4.69) is 4.98 Å². The fourth-order valence-electron chi connectivity index (χ4n) is 1.38. The van der Waals surface area contributed by atoms with Crippen molar-refractivity contribution in [3.05, 3.63) is 28.6 Å². The van der Waals surface area contributed by atoms with E-state index < -0.39 is 37.0 Å². The molecule has 0 spiro atoms. The topological polar surface area (TPSA) is 59.1 Å². The summed E-state index contributed by atoms with van der Waals surface area (Å²) in [6.45, 7) is -1.27. The van der Waals surface area contributed by atoms with Crippen LogP contribution < -0.4 is 5.73 Å². The van der Waals surface area contributed by atoms with E-state index in [9.17, 15) is 22.0 Å². The largest absolute Gasteiger partial charge is 0.433 e. The predicted octanol–water partition coefficient (Wildman–Crippen LogP) is 1.99. The first-order valence-corrected chi connectivity index (χ1v) is 4.50. The third kappa shape index (κ3) is 2.89. The molecule has 3 N–H and O–H groups in total. The van der Waals surface area contributed by atoms with Gasteiger partial charge in [0.15, 0.2) is 5.69 Å². The molecular formula is C9H9F5N2O. The second-order valence-corrected chi connectivity index (χ2v) is 3.20. The van der Waals surface area contributed by atoms with Crippen LogP contribution in [-0.2, 0) is 19.3 Å². The molecule has 0 atom stereocenters. The Bertz CT molecular complexity index is 405. The molecule has 96 valence electrons. The van der Waals surface area contributed by atoms with Crippen molar-refractivity contribution in [2.45, 2.75) is 25.8 Å². The quantitative estimate of drug-likeness (QED) is 0.813. The zero-order valence-electron chi connectivity index (χ0n) is 8.43. The Morgan fingerprint density at radius 1 is 1.35 bits per heavy atom. The van der Waals surface area contributed by atoms with Crippen molar-refractivity contribution >= 4 is 0 Å². The Hall–Kier alpha value is -1.28. The van der Waals surface area contributed by atoms with Gasteiger partial charge < -0.3 is 10.8 Å². The van der Waals surface area contributed by atoms with Gasteiger partial charge >= 0.3 is 6.18 Å². The number of hydrogen-bond donors (Lipinski definition) is 2. The maximum absolute atomic E-state index is 12.6. The van der Waals surface area contributed by atoms with E-state index in [-0.39, 0.29) is 11.3 Å². The fourth-order valence-corrected chi connectivity index (χ4v) is 1.38. The van der Waals surface area contributed by atoms with E-state index in [0.717, 1.165) is 6.07 Å². The van der Waals surface area contributed by atoms with Crippen molar-refractivity contribution in [2.24, 2.45) is 5.73 Å². The number of halogens is 5. The Morgan fingerprint density at radius 2 is 1.94 bits per heavy atom. The van der Waals surface area contributed by atoms with Gasteiger partial charge in [0.2, 0.25) is 0 Å². The van der Waals surface area contributed by atoms with E-state index in [1.165, 1.54) is 0 Å². The third-order valence-corrected chi connectivity index (χ3v) is 2.07. The summed E-state index contributed by atoms with van der Waals surface area (Å²) in [5.74, 6) is 0. The van der Waals surface area contributed by atoms with Crippen LogP contribution in [0.5, 0.6) is 0 Å². The lowest BCUT2D eigenvalue weighted by molar-refractivity contribution is -0.143. The standard InChI is InChI=1S/C9H9F5N2O/c10-8(11)6-4(2-15)1-5(3-17)16-7(6)9(12,13)14/h1,8,17H,2-3,15H2. The lowest BCUT2D eigenvalue weighted by Crippen LogP contribution is -2.17. The van der Waals surface area contributed by atoms with Crippen LogP contribution in [0.25, 0.3) is 0 Å². The summed E-state index contributed by atoms with van der Waals surface area (Å²) in [5, 5.41) is 8.72. The molecule has 0 unspecified atom stereocenters. The highest BCUT2D eigenvalue weighted by Crippen LogP contribution is 2.37. The molecule has 0 saturated carbocycles. The van der Waals surface area contributed by atoms with Crippen LogP contribution in [0, 0.1) is 0 Å². The van der Waals surface area contributed by atoms with Gasteiger partial charge in [-0.25, -0.2) is 13.8 Å². The lowest BCUT2D eigenvalue weighted by Gasteiger charge is -2.16. The maximum atomic E-state index is 12.6. The van der Waals surface area contributed by atoms with Gasteiger partial charge in [-0.15, -0.1) is 0 Å². The molecule has 1 heterocycles. The molecule has 1 aromatic heterocycles. The van der Waals surface area contributed by atoms with E-state index in [1.54, 1.807) is 0 Å². The first-order chi connectivity index (χ1) is 7.81. The Morgan fingerprint density at radius 3 is 2.29 bits per heavy atom. The number of aliphatic hydroxyl groups is 1. The van der Waals surface area contributed by atoms with Gasteiger partial charge in [-0.3, -0.25) is 0 Å². The molecule has 8 heteroatoms. The molecule has 0 aliphatic rings. The summed E-state index contributed by atoms with van der Waals surface area (Å²) >= 11 is 0. The van der Waals surface area contributed by atoms with E-state index in [0.29, 0.717) is 0 Å². The second kappa shape index (κ2) is 4.92. The third-order valence-electron chi connectivity index (χ3n) is 2.07. The Labute approximate surface area is 93.1 Å². The normalized spacial score (nSPS) is 12.2. The van der Waals surface area contributed by atoms with Gasteiger partial charge in [-0.2, -0.15) is 13.2 Å². The molecule has 1 aromatic rings. The van der Waals surface area contributed by atoms with Gasteiger partial charge in [0.1, 0.15) is 0 Å². The monoisotopic (exact) mass is 256 g/mol. The van der Waals surface area contributed by atoms with Crippen molar-refractivity contribution in [2.75, 3.05) is 0 Å². The highest BCUT2D eigenvalue weighted by molar-refractivity contribution is 5.35. The predicted molar refractivity (Wildman–Crippen MR) is 48.0 cm³/mol. The SMILES string of the molecule is NCc1cc(CO)nc(C(F)(F)F)c1C(F)F. The fraction of sp³-hybridized carbons (Fsp3) is 0.444. The second-order valence-electron chi connectivity index (χ2n) is 3.20. The van der Waals surface area contributed by atoms with Gasteiger partial charge in [0.05, 0.1) is 17.9 Å². The molecule has 0 aliphatic carbocycles. The minimum Gasteiger partial charge on any atom is -0.390 e. The van der Waals surface area contributed by atoms with Crippen molar-refractivity contribution in [3.63, 3.8) is 0 Å². The Kier molecular flexibility index (Phi) is 3.99. The molecule has 0 fully saturated rings. The minimum absolute atomic E-state index is 0.345. The molecule has 1 rings (SSSR count). The van der Waals surface area contributed by atoms with Crippen LogP contribution >= 0.6 is 0 Å². The van der Waals surface area contributed by atoms with Crippen molar-refractivity contribution in [3.8, 4) is 0 Å². The van der Waals surface area contributed by atoms with Crippen molar-refractivity contribution < 1.29 is 27.1 Å². The molecule has 0 aromatic carbocycles. The van der Waals surface area contributed by atoms with E-state index in [4.69, 9.17) is 10.8 Å². The number of nitrogens with zero attached hydrogens (tertiary/aromatic N) is 1. The summed E-state index contributed by atoms with van der Waals surface area (Å²) in [5.41, 5.74) is 1.48. The molecular weight excluding hydrogens is 247 g/mol. The van der Waals surface area contributed by atoms with Gasteiger partial charge in [0.25, 0.3) is 6.43 Å². The number of rotatable bonds is 3. The lowest BCUT2D eigenvalue weighted by atomic mass is 10.0. The molecule has 0 radical (unpaired) electrons. The van der Waals surface area contributed by atoms with Gasteiger partial charge in [-0.1, -0.05) is 0 Å². The smallest absolute Gasteiger partial charge is 0.390 e. The summed E-state index contributed by atoms with van der Waals surface area (Å²) < 4.78 is 62.7. The van der Waals surface area contributed by atoms with E-state index >= 15 is 0 Å². The zero-order chi connectivity index (χ0) is 13.2. The van der Waals surface area contributed by atoms with Gasteiger partial charge in [0, 0.05) is 6.54 Å². The number of nitrogens with two attached hydrogens (primary N) is 1. The maximum Gasteiger partial charge on any atom is 0.433 e. The summed E-state index contributed by atoms with van der Waals surface area (Å²) in [7, 11) is 0. The average Bonchev–Trinajstić information content (AvgIpc) is 2.25. The highest BCUT2D eigenvalue weighted by Gasteiger charge is 2.39. The minimum atomic E-state index is -5.01. The molecule has 0 bridgehead atoms. The number of aromatic nitrogens is 1. The molecule has 17 heavy (non-hydrogen) atoms. The number of alkyl halides is 5. The summed E-state index contributed by atoms with van der Waals surface area (Å²) in [6, 6.07) is 0.941. The van der Waals surface area contributed by atoms with Crippen molar-refractivity contribution in [1.82, 2.24) is 4.98 Å². The number of aliphatic hydroxyl groups excluding tert-OH is 1. The molecule has 0 saturated heterocycles. The highest BCUT2D eigenvalue weighted by atomic mass is 19.4. The first kappa shape index (κ1) is 13.8. The summed E-state index contributed by atoms with van der Waals surface area (Å²) in [6.07, 6.45) is -8.34. The average molecular weight is 256 g/mol. The molecule has 3 nitrogen and oxygen atoms in total. The van der Waals surface area contributed by atoms with Crippen LogP contribution in [0.15, 0.2) is 6.07 Å². The Balaban J connectivity index is 3.52. The summed E-state index contributed by atoms with van der Waals surface area (Å²) in [4.78, 5) is 2.98. The van der Waals surface area contributed by atoms with Crippen LogP contribution in [0.4, 0.5) is 22.0 Å². The van der Waals surface area contributed by atoms with Crippen molar-refractivity contribution in [1.29, 1.82) is 0 Å². The van der Waals surface area contributed by atoms with Crippen LogP contribution in [0.1, 0.15) is 28.9 Å². The van der Waals surface area contributed by atoms with Crippen LogP contribution in [0.2, 0.25) is 0 Å². The molecule has 0 amide bonds. The number of hydrogen-bond acceptors (Lipinski definition) is 3. The van der Waals surface area contributed by atoms with Gasteiger partial charge in [-0.05, 0) is 11.6 Å². The van der Waals surface area contributed by atoms with Crippen LogP contribution in [0.3, 0.4) is 0 Å². The van der Waals surface area contributed by atoms with E-state index in [1.807, 2.05) is 0 Å². The zero-order valence-corrected chi connectivity index (χ0v) is 8.43. The first-order valence-electron chi connectivity index (χ1n) is 4.50. The number of pyridine rings is 1.